The third-order valence-corrected chi connectivity index (χ3v) is 5.25. The molecule has 2 saturated heterocycles. The lowest BCUT2D eigenvalue weighted by Crippen LogP contribution is -2.63. The Morgan fingerprint density at radius 1 is 1.37 bits per heavy atom. The molecule has 0 aromatic heterocycles. The molecule has 0 bridgehead atoms. The van der Waals surface area contributed by atoms with Gasteiger partial charge in [-0.25, -0.2) is 0 Å². The minimum atomic E-state index is -0.297. The second-order valence-electron chi connectivity index (χ2n) is 5.49. The lowest BCUT2D eigenvalue weighted by atomic mass is 9.99. The van der Waals surface area contributed by atoms with Gasteiger partial charge in [0.25, 0.3) is 0 Å². The van der Waals surface area contributed by atoms with Gasteiger partial charge in [-0.2, -0.15) is 11.8 Å². The summed E-state index contributed by atoms with van der Waals surface area (Å²) >= 11 is 1.95. The largest absolute Gasteiger partial charge is 0.343 e. The van der Waals surface area contributed by atoms with Crippen LogP contribution in [0.3, 0.4) is 0 Å². The standard InChI is InChI=1S/C14H24N2O2S/c1-3-5-11-14(18)16(8-10-6-7-19-9-10)12(4-2)13(17)15-11/h10-12H,3-9H2,1-2H3,(H,15,17). The number of carbonyl (C=O) groups excluding carboxylic acids is 2. The molecule has 19 heavy (non-hydrogen) atoms. The topological polar surface area (TPSA) is 49.4 Å². The predicted octanol–water partition coefficient (Wildman–Crippen LogP) is 1.65. The maximum atomic E-state index is 12.5. The monoisotopic (exact) mass is 284 g/mol. The average Bonchev–Trinajstić information content (AvgIpc) is 2.89. The molecule has 0 aliphatic carbocycles. The summed E-state index contributed by atoms with van der Waals surface area (Å²) in [6, 6.07) is -0.555. The second kappa shape index (κ2) is 6.64. The Labute approximate surface area is 119 Å². The highest BCUT2D eigenvalue weighted by atomic mass is 32.2. The van der Waals surface area contributed by atoms with Gasteiger partial charge in [-0.1, -0.05) is 20.3 Å². The highest BCUT2D eigenvalue weighted by Crippen LogP contribution is 2.26. The summed E-state index contributed by atoms with van der Waals surface area (Å²) in [6.07, 6.45) is 3.54. The van der Waals surface area contributed by atoms with Crippen molar-refractivity contribution in [2.75, 3.05) is 18.1 Å². The molecular weight excluding hydrogens is 260 g/mol. The van der Waals surface area contributed by atoms with Gasteiger partial charge < -0.3 is 10.2 Å². The van der Waals surface area contributed by atoms with E-state index in [1.165, 1.54) is 12.2 Å². The van der Waals surface area contributed by atoms with E-state index in [4.69, 9.17) is 0 Å². The van der Waals surface area contributed by atoms with Crippen LogP contribution < -0.4 is 5.32 Å². The molecule has 2 aliphatic heterocycles. The fraction of sp³-hybridized carbons (Fsp3) is 0.857. The Bertz CT molecular complexity index is 342. The van der Waals surface area contributed by atoms with Crippen LogP contribution in [0.15, 0.2) is 0 Å². The molecule has 1 N–H and O–H groups in total. The third-order valence-electron chi connectivity index (χ3n) is 4.02. The molecule has 3 atom stereocenters. The SMILES string of the molecule is CCCC1NC(=O)C(CC)N(CC2CCSC2)C1=O. The number of carbonyl (C=O) groups is 2. The van der Waals surface area contributed by atoms with Crippen molar-refractivity contribution in [3.8, 4) is 0 Å². The zero-order valence-electron chi connectivity index (χ0n) is 11.9. The van der Waals surface area contributed by atoms with Crippen molar-refractivity contribution in [2.45, 2.75) is 51.6 Å². The maximum absolute atomic E-state index is 12.5. The van der Waals surface area contributed by atoms with Gasteiger partial charge in [-0.05, 0) is 36.7 Å². The molecule has 5 heteroatoms. The molecule has 2 aliphatic rings. The van der Waals surface area contributed by atoms with Gasteiger partial charge in [0.05, 0.1) is 0 Å². The number of hydrogen-bond donors (Lipinski definition) is 1. The smallest absolute Gasteiger partial charge is 0.245 e. The zero-order chi connectivity index (χ0) is 13.8. The van der Waals surface area contributed by atoms with Crippen molar-refractivity contribution < 1.29 is 9.59 Å². The Morgan fingerprint density at radius 2 is 2.16 bits per heavy atom. The molecule has 3 unspecified atom stereocenters. The van der Waals surface area contributed by atoms with Gasteiger partial charge in [0.15, 0.2) is 0 Å². The molecule has 0 aromatic rings. The second-order valence-corrected chi connectivity index (χ2v) is 6.64. The molecule has 0 saturated carbocycles. The van der Waals surface area contributed by atoms with E-state index in [9.17, 15) is 9.59 Å². The minimum absolute atomic E-state index is 0.0335. The summed E-state index contributed by atoms with van der Waals surface area (Å²) in [5.74, 6) is 3.04. The molecular formula is C14H24N2O2S. The van der Waals surface area contributed by atoms with E-state index in [0.717, 1.165) is 25.1 Å². The first-order chi connectivity index (χ1) is 9.17. The van der Waals surface area contributed by atoms with E-state index in [1.54, 1.807) is 0 Å². The Morgan fingerprint density at radius 3 is 2.74 bits per heavy atom. The number of nitrogens with one attached hydrogen (secondary N) is 1. The van der Waals surface area contributed by atoms with E-state index >= 15 is 0 Å². The summed E-state index contributed by atoms with van der Waals surface area (Å²) in [4.78, 5) is 26.5. The molecule has 0 radical (unpaired) electrons. The van der Waals surface area contributed by atoms with E-state index in [0.29, 0.717) is 12.3 Å². The Balaban J connectivity index is 2.08. The number of rotatable bonds is 5. The van der Waals surface area contributed by atoms with Crippen LogP contribution >= 0.6 is 11.8 Å². The van der Waals surface area contributed by atoms with Crippen molar-refractivity contribution in [1.82, 2.24) is 10.2 Å². The van der Waals surface area contributed by atoms with Crippen LogP contribution in [0.4, 0.5) is 0 Å². The average molecular weight is 284 g/mol. The van der Waals surface area contributed by atoms with Crippen LogP contribution in [0, 0.1) is 5.92 Å². The molecule has 2 rings (SSSR count). The van der Waals surface area contributed by atoms with Crippen LogP contribution in [0.1, 0.15) is 39.5 Å². The molecule has 2 fully saturated rings. The van der Waals surface area contributed by atoms with E-state index in [-0.39, 0.29) is 23.9 Å². The number of nitrogens with zero attached hydrogens (tertiary/aromatic N) is 1. The third kappa shape index (κ3) is 3.25. The Kier molecular flexibility index (Phi) is 5.13. The van der Waals surface area contributed by atoms with Crippen LogP contribution in [-0.2, 0) is 9.59 Å². The molecule has 2 heterocycles. The first kappa shape index (κ1) is 14.7. The van der Waals surface area contributed by atoms with Gasteiger partial charge >= 0.3 is 0 Å². The first-order valence-electron chi connectivity index (χ1n) is 7.36. The van der Waals surface area contributed by atoms with Gasteiger partial charge in [-0.3, -0.25) is 9.59 Å². The molecule has 0 aromatic carbocycles. The molecule has 108 valence electrons. The summed E-state index contributed by atoms with van der Waals surface area (Å²) < 4.78 is 0. The molecule has 4 nitrogen and oxygen atoms in total. The summed E-state index contributed by atoms with van der Waals surface area (Å²) in [5, 5.41) is 2.89. The lowest BCUT2D eigenvalue weighted by molar-refractivity contribution is -0.150. The maximum Gasteiger partial charge on any atom is 0.245 e. The van der Waals surface area contributed by atoms with Crippen molar-refractivity contribution in [1.29, 1.82) is 0 Å². The zero-order valence-corrected chi connectivity index (χ0v) is 12.7. The number of thioether (sulfide) groups is 1. The fourth-order valence-corrected chi connectivity index (χ4v) is 4.21. The number of piperazine rings is 1. The highest BCUT2D eigenvalue weighted by molar-refractivity contribution is 7.99. The van der Waals surface area contributed by atoms with Crippen LogP contribution in [0.5, 0.6) is 0 Å². The number of hydrogen-bond acceptors (Lipinski definition) is 3. The van der Waals surface area contributed by atoms with Gasteiger partial charge in [0.1, 0.15) is 12.1 Å². The Hall–Kier alpha value is -0.710. The molecule has 0 spiro atoms. The van der Waals surface area contributed by atoms with Crippen LogP contribution in [-0.4, -0.2) is 46.8 Å². The fourth-order valence-electron chi connectivity index (χ4n) is 2.94. The van der Waals surface area contributed by atoms with E-state index < -0.39 is 0 Å². The van der Waals surface area contributed by atoms with Gasteiger partial charge in [0, 0.05) is 6.54 Å². The van der Waals surface area contributed by atoms with Crippen molar-refractivity contribution in [2.24, 2.45) is 5.92 Å². The lowest BCUT2D eigenvalue weighted by Gasteiger charge is -2.39. The summed E-state index contributed by atoms with van der Waals surface area (Å²) in [6.45, 7) is 4.79. The van der Waals surface area contributed by atoms with E-state index in [1.807, 2.05) is 30.5 Å². The quantitative estimate of drug-likeness (QED) is 0.835. The normalized spacial score (nSPS) is 31.7. The van der Waals surface area contributed by atoms with Crippen molar-refractivity contribution >= 4 is 23.6 Å². The van der Waals surface area contributed by atoms with Crippen molar-refractivity contribution in [3.05, 3.63) is 0 Å². The minimum Gasteiger partial charge on any atom is -0.343 e. The summed E-state index contributed by atoms with van der Waals surface area (Å²) in [5.41, 5.74) is 0. The van der Waals surface area contributed by atoms with Crippen LogP contribution in [0.2, 0.25) is 0 Å². The van der Waals surface area contributed by atoms with E-state index in [2.05, 4.69) is 5.32 Å². The van der Waals surface area contributed by atoms with Crippen LogP contribution in [0.25, 0.3) is 0 Å². The van der Waals surface area contributed by atoms with Gasteiger partial charge in [0.2, 0.25) is 11.8 Å². The van der Waals surface area contributed by atoms with Gasteiger partial charge in [-0.15, -0.1) is 0 Å². The molecule has 2 amide bonds. The first-order valence-corrected chi connectivity index (χ1v) is 8.51. The predicted molar refractivity (Wildman–Crippen MR) is 78.1 cm³/mol. The highest BCUT2D eigenvalue weighted by Gasteiger charge is 2.40. The summed E-state index contributed by atoms with van der Waals surface area (Å²) in [7, 11) is 0. The number of amides is 2. The van der Waals surface area contributed by atoms with Crippen molar-refractivity contribution in [3.63, 3.8) is 0 Å².